The molecule has 1 atom stereocenters. The molecule has 1 aliphatic rings. The fourth-order valence-corrected chi connectivity index (χ4v) is 3.41. The van der Waals surface area contributed by atoms with Crippen molar-refractivity contribution in [1.82, 2.24) is 10.2 Å². The quantitative estimate of drug-likeness (QED) is 0.800. The molecule has 0 saturated carbocycles. The Labute approximate surface area is 158 Å². The van der Waals surface area contributed by atoms with E-state index in [1.807, 2.05) is 63.2 Å². The van der Waals surface area contributed by atoms with Gasteiger partial charge in [0.1, 0.15) is 12.6 Å². The molecule has 6 heteroatoms. The van der Waals surface area contributed by atoms with Crippen LogP contribution in [-0.4, -0.2) is 35.3 Å². The van der Waals surface area contributed by atoms with Gasteiger partial charge in [0.25, 0.3) is 5.91 Å². The molecule has 1 fully saturated rings. The van der Waals surface area contributed by atoms with Gasteiger partial charge >= 0.3 is 6.03 Å². The molecule has 0 unspecified atom stereocenters. The lowest BCUT2D eigenvalue weighted by atomic mass is 10.1. The van der Waals surface area contributed by atoms with Crippen LogP contribution in [0.25, 0.3) is 0 Å². The summed E-state index contributed by atoms with van der Waals surface area (Å²) in [5.74, 6) is -0.773. The summed E-state index contributed by atoms with van der Waals surface area (Å²) in [6.07, 6.45) is 0.402. The van der Waals surface area contributed by atoms with Crippen LogP contribution in [0.1, 0.15) is 22.3 Å². The normalized spacial score (nSPS) is 16.4. The number of aryl methyl sites for hydroxylation is 3. The largest absolute Gasteiger partial charge is 0.325 e. The van der Waals surface area contributed by atoms with Crippen LogP contribution in [0.5, 0.6) is 0 Å². The van der Waals surface area contributed by atoms with Gasteiger partial charge in [-0.2, -0.15) is 0 Å². The first kappa shape index (κ1) is 18.6. The SMILES string of the molecule is Cc1cc(C)c(NC(=O)CN2C(=O)N[C@H](Cc3ccccc3)C2=O)c(C)c1. The van der Waals surface area contributed by atoms with Gasteiger partial charge in [-0.3, -0.25) is 14.5 Å². The van der Waals surface area contributed by atoms with E-state index < -0.39 is 18.0 Å². The summed E-state index contributed by atoms with van der Waals surface area (Å²) in [5, 5.41) is 5.48. The van der Waals surface area contributed by atoms with E-state index >= 15 is 0 Å². The second-order valence-corrected chi connectivity index (χ2v) is 6.94. The van der Waals surface area contributed by atoms with E-state index in [0.29, 0.717) is 6.42 Å². The molecule has 0 bridgehead atoms. The first-order chi connectivity index (χ1) is 12.8. The van der Waals surface area contributed by atoms with Gasteiger partial charge in [-0.15, -0.1) is 0 Å². The first-order valence-corrected chi connectivity index (χ1v) is 8.88. The van der Waals surface area contributed by atoms with Crippen molar-refractivity contribution in [2.75, 3.05) is 11.9 Å². The molecule has 1 aliphatic heterocycles. The Hall–Kier alpha value is -3.15. The Balaban J connectivity index is 1.66. The average molecular weight is 365 g/mol. The summed E-state index contributed by atoms with van der Waals surface area (Å²) in [7, 11) is 0. The van der Waals surface area contributed by atoms with Gasteiger partial charge in [0, 0.05) is 12.1 Å². The van der Waals surface area contributed by atoms with Crippen molar-refractivity contribution >= 4 is 23.5 Å². The van der Waals surface area contributed by atoms with Crippen LogP contribution >= 0.6 is 0 Å². The van der Waals surface area contributed by atoms with Crippen LogP contribution in [0.4, 0.5) is 10.5 Å². The lowest BCUT2D eigenvalue weighted by molar-refractivity contribution is -0.130. The number of carbonyl (C=O) groups is 3. The van der Waals surface area contributed by atoms with Gasteiger partial charge in [-0.1, -0.05) is 48.0 Å². The van der Waals surface area contributed by atoms with Crippen molar-refractivity contribution in [1.29, 1.82) is 0 Å². The Bertz CT molecular complexity index is 870. The highest BCUT2D eigenvalue weighted by Crippen LogP contribution is 2.22. The maximum Gasteiger partial charge on any atom is 0.325 e. The fourth-order valence-electron chi connectivity index (χ4n) is 3.41. The highest BCUT2D eigenvalue weighted by Gasteiger charge is 2.38. The number of amides is 4. The third kappa shape index (κ3) is 4.16. The zero-order chi connectivity index (χ0) is 19.6. The van der Waals surface area contributed by atoms with E-state index in [-0.39, 0.29) is 12.5 Å². The van der Waals surface area contributed by atoms with E-state index in [0.717, 1.165) is 32.8 Å². The second kappa shape index (κ2) is 7.61. The van der Waals surface area contributed by atoms with Crippen molar-refractivity contribution in [2.24, 2.45) is 0 Å². The van der Waals surface area contributed by atoms with Crippen LogP contribution in [0.15, 0.2) is 42.5 Å². The number of urea groups is 1. The average Bonchev–Trinajstić information content (AvgIpc) is 2.86. The Morgan fingerprint density at radius 3 is 2.33 bits per heavy atom. The maximum atomic E-state index is 12.5. The summed E-state index contributed by atoms with van der Waals surface area (Å²) >= 11 is 0. The van der Waals surface area contributed by atoms with E-state index in [9.17, 15) is 14.4 Å². The number of carbonyl (C=O) groups excluding carboxylic acids is 3. The fraction of sp³-hybridized carbons (Fsp3) is 0.286. The Kier molecular flexibility index (Phi) is 5.26. The minimum Gasteiger partial charge on any atom is -0.325 e. The van der Waals surface area contributed by atoms with E-state index in [2.05, 4.69) is 10.6 Å². The third-order valence-corrected chi connectivity index (χ3v) is 4.63. The smallest absolute Gasteiger partial charge is 0.325 e. The molecule has 27 heavy (non-hydrogen) atoms. The number of benzene rings is 2. The molecule has 2 N–H and O–H groups in total. The highest BCUT2D eigenvalue weighted by atomic mass is 16.2. The van der Waals surface area contributed by atoms with Gasteiger partial charge in [-0.25, -0.2) is 4.79 Å². The number of nitrogens with one attached hydrogen (secondary N) is 2. The Morgan fingerprint density at radius 1 is 1.07 bits per heavy atom. The predicted molar refractivity (Wildman–Crippen MR) is 103 cm³/mol. The number of hydrogen-bond donors (Lipinski definition) is 2. The van der Waals surface area contributed by atoms with Crippen LogP contribution in [0.2, 0.25) is 0 Å². The molecule has 0 spiro atoms. The molecule has 0 aliphatic carbocycles. The number of nitrogens with zero attached hydrogens (tertiary/aromatic N) is 1. The Morgan fingerprint density at radius 2 is 1.70 bits per heavy atom. The maximum absolute atomic E-state index is 12.5. The molecule has 0 aromatic heterocycles. The number of anilines is 1. The molecule has 0 radical (unpaired) electrons. The molecule has 2 aromatic rings. The number of imide groups is 1. The van der Waals surface area contributed by atoms with Gasteiger partial charge in [-0.05, 0) is 37.5 Å². The molecule has 6 nitrogen and oxygen atoms in total. The summed E-state index contributed by atoms with van der Waals surface area (Å²) in [6, 6.07) is 12.2. The van der Waals surface area contributed by atoms with Crippen molar-refractivity contribution < 1.29 is 14.4 Å². The van der Waals surface area contributed by atoms with Crippen LogP contribution < -0.4 is 10.6 Å². The van der Waals surface area contributed by atoms with Gasteiger partial charge in [0.2, 0.25) is 5.91 Å². The molecule has 1 heterocycles. The van der Waals surface area contributed by atoms with Crippen LogP contribution in [0, 0.1) is 20.8 Å². The van der Waals surface area contributed by atoms with Gasteiger partial charge < -0.3 is 10.6 Å². The third-order valence-electron chi connectivity index (χ3n) is 4.63. The summed E-state index contributed by atoms with van der Waals surface area (Å²) in [4.78, 5) is 38.1. The molecule has 1 saturated heterocycles. The standard InChI is InChI=1S/C21H23N3O3/c1-13-9-14(2)19(15(3)10-13)23-18(25)12-24-20(26)17(22-21(24)27)11-16-7-5-4-6-8-16/h4-10,17H,11-12H2,1-3H3,(H,22,27)(H,23,25)/t17-/m1/s1. The lowest BCUT2D eigenvalue weighted by Crippen LogP contribution is -2.38. The number of hydrogen-bond acceptors (Lipinski definition) is 3. The van der Waals surface area contributed by atoms with Crippen LogP contribution in [-0.2, 0) is 16.0 Å². The number of rotatable bonds is 5. The van der Waals surface area contributed by atoms with Crippen molar-refractivity contribution in [3.8, 4) is 0 Å². The minimum atomic E-state index is -0.643. The minimum absolute atomic E-state index is 0.303. The zero-order valence-corrected chi connectivity index (χ0v) is 15.7. The molecule has 4 amide bonds. The van der Waals surface area contributed by atoms with E-state index in [1.54, 1.807) is 0 Å². The lowest BCUT2D eigenvalue weighted by Gasteiger charge is -2.16. The van der Waals surface area contributed by atoms with Gasteiger partial charge in [0.15, 0.2) is 0 Å². The molecular formula is C21H23N3O3. The van der Waals surface area contributed by atoms with E-state index in [1.165, 1.54) is 0 Å². The topological polar surface area (TPSA) is 78.5 Å². The van der Waals surface area contributed by atoms with Crippen molar-refractivity contribution in [2.45, 2.75) is 33.2 Å². The van der Waals surface area contributed by atoms with Crippen molar-refractivity contribution in [3.05, 3.63) is 64.7 Å². The first-order valence-electron chi connectivity index (χ1n) is 8.88. The second-order valence-electron chi connectivity index (χ2n) is 6.94. The van der Waals surface area contributed by atoms with E-state index in [4.69, 9.17) is 0 Å². The zero-order valence-electron chi connectivity index (χ0n) is 15.7. The molecular weight excluding hydrogens is 342 g/mol. The summed E-state index contributed by atoms with van der Waals surface area (Å²) in [5.41, 5.74) is 4.67. The van der Waals surface area contributed by atoms with Crippen molar-refractivity contribution in [3.63, 3.8) is 0 Å². The monoisotopic (exact) mass is 365 g/mol. The van der Waals surface area contributed by atoms with Gasteiger partial charge in [0.05, 0.1) is 0 Å². The molecule has 2 aromatic carbocycles. The van der Waals surface area contributed by atoms with Crippen LogP contribution in [0.3, 0.4) is 0 Å². The highest BCUT2D eigenvalue weighted by molar-refractivity contribution is 6.08. The predicted octanol–water partition coefficient (Wildman–Crippen LogP) is 2.71. The molecule has 3 rings (SSSR count). The summed E-state index contributed by atoms with van der Waals surface area (Å²) < 4.78 is 0. The molecule has 140 valence electrons. The summed E-state index contributed by atoms with van der Waals surface area (Å²) in [6.45, 7) is 5.52.